The number of urea groups is 1. The van der Waals surface area contributed by atoms with Gasteiger partial charge >= 0.3 is 6.03 Å². The predicted octanol–water partition coefficient (Wildman–Crippen LogP) is 4.43. The van der Waals surface area contributed by atoms with E-state index in [2.05, 4.69) is 15.6 Å². The summed E-state index contributed by atoms with van der Waals surface area (Å²) in [6.07, 6.45) is 0.134. The minimum Gasteiger partial charge on any atom is -0.337 e. The zero-order valence-electron chi connectivity index (χ0n) is 16.8. The van der Waals surface area contributed by atoms with Crippen molar-refractivity contribution >= 4 is 28.4 Å². The highest BCUT2D eigenvalue weighted by molar-refractivity contribution is 7.16. The van der Waals surface area contributed by atoms with Gasteiger partial charge in [-0.2, -0.15) is 0 Å². The van der Waals surface area contributed by atoms with Crippen LogP contribution in [0.4, 0.5) is 14.3 Å². The van der Waals surface area contributed by atoms with Crippen molar-refractivity contribution in [3.8, 4) is 11.3 Å². The fraction of sp³-hybridized carbons (Fsp3) is 0.227. The Labute approximate surface area is 178 Å². The molecule has 2 aromatic carbocycles. The van der Waals surface area contributed by atoms with Crippen LogP contribution in [0.1, 0.15) is 16.9 Å². The molecule has 30 heavy (non-hydrogen) atoms. The maximum absolute atomic E-state index is 13.1. The molecule has 0 fully saturated rings. The highest BCUT2D eigenvalue weighted by Gasteiger charge is 2.13. The summed E-state index contributed by atoms with van der Waals surface area (Å²) in [4.78, 5) is 31.3. The van der Waals surface area contributed by atoms with Crippen molar-refractivity contribution in [1.82, 2.24) is 15.2 Å². The lowest BCUT2D eigenvalue weighted by atomic mass is 10.1. The first-order chi connectivity index (χ1) is 14.4. The smallest absolute Gasteiger partial charge is 0.317 e. The molecule has 156 valence electrons. The molecule has 0 bridgehead atoms. The van der Waals surface area contributed by atoms with Gasteiger partial charge in [-0.3, -0.25) is 4.79 Å². The highest BCUT2D eigenvalue weighted by Crippen LogP contribution is 2.30. The molecular formula is C22H23FN4O2S. The first kappa shape index (κ1) is 21.4. The predicted molar refractivity (Wildman–Crippen MR) is 117 cm³/mol. The summed E-state index contributed by atoms with van der Waals surface area (Å²) in [5.74, 6) is -0.544. The number of nitrogens with one attached hydrogen (secondary N) is 2. The number of hydrogen-bond acceptors (Lipinski definition) is 4. The second-order valence-corrected chi connectivity index (χ2v) is 8.01. The molecule has 0 spiro atoms. The van der Waals surface area contributed by atoms with Crippen molar-refractivity contribution in [1.29, 1.82) is 0 Å². The molecule has 0 saturated carbocycles. The summed E-state index contributed by atoms with van der Waals surface area (Å²) < 4.78 is 13.1. The SMILES string of the molecule is Cc1sc(NC(=O)CCNC(=O)N(C)Cc2ccccc2)nc1-c1ccc(F)cc1. The summed E-state index contributed by atoms with van der Waals surface area (Å²) in [5.41, 5.74) is 2.54. The Kier molecular flexibility index (Phi) is 7.13. The lowest BCUT2D eigenvalue weighted by Crippen LogP contribution is -2.38. The molecule has 0 aliphatic carbocycles. The van der Waals surface area contributed by atoms with E-state index in [4.69, 9.17) is 0 Å². The largest absolute Gasteiger partial charge is 0.337 e. The van der Waals surface area contributed by atoms with Crippen molar-refractivity contribution in [2.75, 3.05) is 18.9 Å². The fourth-order valence-electron chi connectivity index (χ4n) is 2.85. The molecule has 3 aromatic rings. The van der Waals surface area contributed by atoms with Crippen LogP contribution in [0.5, 0.6) is 0 Å². The maximum atomic E-state index is 13.1. The third-order valence-corrected chi connectivity index (χ3v) is 5.28. The number of carbonyl (C=O) groups is 2. The Bertz CT molecular complexity index is 1010. The Morgan fingerprint density at radius 2 is 1.80 bits per heavy atom. The minimum absolute atomic E-state index is 0.134. The molecule has 0 unspecified atom stereocenters. The van der Waals surface area contributed by atoms with Crippen LogP contribution in [0.15, 0.2) is 54.6 Å². The molecule has 0 aliphatic heterocycles. The van der Waals surface area contributed by atoms with Crippen molar-refractivity contribution in [2.24, 2.45) is 0 Å². The third-order valence-electron chi connectivity index (χ3n) is 4.40. The van der Waals surface area contributed by atoms with E-state index in [1.54, 1.807) is 24.1 Å². The fourth-order valence-corrected chi connectivity index (χ4v) is 3.71. The summed E-state index contributed by atoms with van der Waals surface area (Å²) in [6, 6.07) is 15.5. The molecule has 1 aromatic heterocycles. The molecule has 0 saturated heterocycles. The number of aromatic nitrogens is 1. The van der Waals surface area contributed by atoms with E-state index in [0.29, 0.717) is 17.4 Å². The monoisotopic (exact) mass is 426 g/mol. The number of benzene rings is 2. The van der Waals surface area contributed by atoms with Gasteiger partial charge in [0.1, 0.15) is 5.82 Å². The third kappa shape index (κ3) is 5.87. The maximum Gasteiger partial charge on any atom is 0.317 e. The number of halogens is 1. The number of thiazole rings is 1. The van der Waals surface area contributed by atoms with Gasteiger partial charge in [-0.25, -0.2) is 14.2 Å². The summed E-state index contributed by atoms with van der Waals surface area (Å²) in [5, 5.41) is 5.97. The zero-order valence-corrected chi connectivity index (χ0v) is 17.6. The van der Waals surface area contributed by atoms with Gasteiger partial charge < -0.3 is 15.5 Å². The van der Waals surface area contributed by atoms with Gasteiger partial charge in [-0.15, -0.1) is 11.3 Å². The van der Waals surface area contributed by atoms with Crippen LogP contribution in [-0.4, -0.2) is 35.4 Å². The van der Waals surface area contributed by atoms with E-state index in [1.165, 1.54) is 23.5 Å². The van der Waals surface area contributed by atoms with E-state index in [-0.39, 0.29) is 30.7 Å². The van der Waals surface area contributed by atoms with Gasteiger partial charge in [0.25, 0.3) is 0 Å². The van der Waals surface area contributed by atoms with Crippen LogP contribution in [0, 0.1) is 12.7 Å². The standard InChI is InChI=1S/C22H23FN4O2S/c1-15-20(17-8-10-18(23)11-9-17)26-21(30-15)25-19(28)12-13-24-22(29)27(2)14-16-6-4-3-5-7-16/h3-11H,12-14H2,1-2H3,(H,24,29)(H,25,26,28). The van der Waals surface area contributed by atoms with Gasteiger partial charge in [0.05, 0.1) is 5.69 Å². The Morgan fingerprint density at radius 3 is 2.50 bits per heavy atom. The summed E-state index contributed by atoms with van der Waals surface area (Å²) in [6.45, 7) is 2.61. The number of rotatable bonds is 7. The number of hydrogen-bond donors (Lipinski definition) is 2. The summed E-state index contributed by atoms with van der Waals surface area (Å²) >= 11 is 1.36. The summed E-state index contributed by atoms with van der Waals surface area (Å²) in [7, 11) is 1.71. The first-order valence-electron chi connectivity index (χ1n) is 9.48. The lowest BCUT2D eigenvalue weighted by molar-refractivity contribution is -0.116. The molecule has 0 radical (unpaired) electrons. The number of amides is 3. The van der Waals surface area contributed by atoms with E-state index in [0.717, 1.165) is 16.0 Å². The second kappa shape index (κ2) is 9.98. The van der Waals surface area contributed by atoms with Crippen LogP contribution in [0.25, 0.3) is 11.3 Å². The topological polar surface area (TPSA) is 74.3 Å². The second-order valence-electron chi connectivity index (χ2n) is 6.80. The van der Waals surface area contributed by atoms with Gasteiger partial charge in [-0.05, 0) is 36.8 Å². The first-order valence-corrected chi connectivity index (χ1v) is 10.3. The average Bonchev–Trinajstić information content (AvgIpc) is 3.09. The van der Waals surface area contributed by atoms with Crippen LogP contribution < -0.4 is 10.6 Å². The highest BCUT2D eigenvalue weighted by atomic mass is 32.1. The van der Waals surface area contributed by atoms with Gasteiger partial charge in [0.2, 0.25) is 5.91 Å². The molecule has 0 atom stereocenters. The zero-order chi connectivity index (χ0) is 21.5. The molecule has 2 N–H and O–H groups in total. The van der Waals surface area contributed by atoms with Crippen LogP contribution in [0.3, 0.4) is 0 Å². The molecule has 1 heterocycles. The average molecular weight is 427 g/mol. The Balaban J connectivity index is 1.46. The molecule has 3 rings (SSSR count). The lowest BCUT2D eigenvalue weighted by Gasteiger charge is -2.17. The van der Waals surface area contributed by atoms with Gasteiger partial charge in [0.15, 0.2) is 5.13 Å². The minimum atomic E-state index is -0.309. The van der Waals surface area contributed by atoms with Gasteiger partial charge in [0, 0.05) is 37.0 Å². The van der Waals surface area contributed by atoms with Gasteiger partial charge in [-0.1, -0.05) is 30.3 Å². The van der Waals surface area contributed by atoms with E-state index >= 15 is 0 Å². The quantitative estimate of drug-likeness (QED) is 0.587. The molecule has 8 heteroatoms. The number of nitrogens with zero attached hydrogens (tertiary/aromatic N) is 2. The number of carbonyl (C=O) groups excluding carboxylic acids is 2. The molecule has 0 aliphatic rings. The van der Waals surface area contributed by atoms with Crippen LogP contribution in [-0.2, 0) is 11.3 Å². The normalized spacial score (nSPS) is 10.5. The van der Waals surface area contributed by atoms with Crippen LogP contribution in [0.2, 0.25) is 0 Å². The molecule has 3 amide bonds. The van der Waals surface area contributed by atoms with Crippen molar-refractivity contribution in [2.45, 2.75) is 19.9 Å². The van der Waals surface area contributed by atoms with E-state index in [1.807, 2.05) is 37.3 Å². The van der Waals surface area contributed by atoms with Crippen molar-refractivity contribution < 1.29 is 14.0 Å². The van der Waals surface area contributed by atoms with E-state index < -0.39 is 0 Å². The Morgan fingerprint density at radius 1 is 1.10 bits per heavy atom. The Hall–Kier alpha value is -3.26. The number of anilines is 1. The van der Waals surface area contributed by atoms with E-state index in [9.17, 15) is 14.0 Å². The number of aryl methyl sites for hydroxylation is 1. The van der Waals surface area contributed by atoms with Crippen molar-refractivity contribution in [3.63, 3.8) is 0 Å². The van der Waals surface area contributed by atoms with Crippen LogP contribution >= 0.6 is 11.3 Å². The molecule has 6 nitrogen and oxygen atoms in total. The molecular weight excluding hydrogens is 403 g/mol. The van der Waals surface area contributed by atoms with Crippen molar-refractivity contribution in [3.05, 3.63) is 70.9 Å².